The number of rotatable bonds is 8. The van der Waals surface area contributed by atoms with E-state index in [1.54, 1.807) is 35.2 Å². The second-order valence-electron chi connectivity index (χ2n) is 12.1. The van der Waals surface area contributed by atoms with Crippen molar-refractivity contribution in [3.63, 3.8) is 0 Å². The Hall–Kier alpha value is -3.14. The number of anilines is 2. The summed E-state index contributed by atoms with van der Waals surface area (Å²) < 4.78 is 12.7. The molecular formula is C33H48N4O5. The maximum absolute atomic E-state index is 14.2. The molecule has 0 unspecified atom stereocenters. The van der Waals surface area contributed by atoms with Gasteiger partial charge in [-0.25, -0.2) is 4.79 Å². The summed E-state index contributed by atoms with van der Waals surface area (Å²) in [5, 5.41) is 15.8. The smallest absolute Gasteiger partial charge is 0.323 e. The first kappa shape index (κ1) is 31.8. The van der Waals surface area contributed by atoms with Gasteiger partial charge >= 0.3 is 6.03 Å². The van der Waals surface area contributed by atoms with E-state index in [-0.39, 0.29) is 30.6 Å². The number of benzene rings is 2. The van der Waals surface area contributed by atoms with Crippen LogP contribution in [0.3, 0.4) is 0 Å². The van der Waals surface area contributed by atoms with Crippen LogP contribution >= 0.6 is 0 Å². The summed E-state index contributed by atoms with van der Waals surface area (Å²) >= 11 is 0. The molecule has 3 N–H and O–H groups in total. The number of nitrogens with one attached hydrogen (secondary N) is 2. The molecule has 2 aromatic carbocycles. The Morgan fingerprint density at radius 3 is 2.50 bits per heavy atom. The van der Waals surface area contributed by atoms with Crippen LogP contribution in [-0.4, -0.2) is 85.0 Å². The van der Waals surface area contributed by atoms with E-state index >= 15 is 0 Å². The SMILES string of the molecule is C[C@@H]1CCCCO[C@@H](CN(C)CC2CC2)[C@H](C)CN([C@H](C)CO)C(=O)c2cc(NC(=O)Nc3ccccc3)ccc2O1. The zero-order valence-electron chi connectivity index (χ0n) is 25.6. The Balaban J connectivity index is 1.59. The lowest BCUT2D eigenvalue weighted by Crippen LogP contribution is -2.47. The number of hydrogen-bond acceptors (Lipinski definition) is 6. The average Bonchev–Trinajstić information content (AvgIpc) is 3.79. The minimum absolute atomic E-state index is 0.0359. The van der Waals surface area contributed by atoms with Crippen molar-refractivity contribution in [1.29, 1.82) is 0 Å². The van der Waals surface area contributed by atoms with Crippen molar-refractivity contribution in [1.82, 2.24) is 9.80 Å². The van der Waals surface area contributed by atoms with Crippen LogP contribution in [0.2, 0.25) is 0 Å². The van der Waals surface area contributed by atoms with Gasteiger partial charge in [-0.2, -0.15) is 0 Å². The molecule has 4 rings (SSSR count). The Morgan fingerprint density at radius 2 is 1.79 bits per heavy atom. The molecule has 1 aliphatic heterocycles. The van der Waals surface area contributed by atoms with Crippen LogP contribution in [0.1, 0.15) is 63.2 Å². The molecule has 1 saturated carbocycles. The van der Waals surface area contributed by atoms with Crippen molar-refractivity contribution in [3.05, 3.63) is 54.1 Å². The molecule has 1 heterocycles. The third-order valence-electron chi connectivity index (χ3n) is 8.10. The number of carbonyl (C=O) groups is 2. The molecule has 2 aliphatic rings. The van der Waals surface area contributed by atoms with Crippen molar-refractivity contribution in [2.45, 2.75) is 71.1 Å². The summed E-state index contributed by atoms with van der Waals surface area (Å²) in [6, 6.07) is 13.5. The van der Waals surface area contributed by atoms with Gasteiger partial charge in [0.25, 0.3) is 5.91 Å². The summed E-state index contributed by atoms with van der Waals surface area (Å²) in [7, 11) is 2.15. The van der Waals surface area contributed by atoms with E-state index in [0.29, 0.717) is 35.8 Å². The number of amides is 3. The van der Waals surface area contributed by atoms with Gasteiger partial charge in [0, 0.05) is 43.5 Å². The van der Waals surface area contributed by atoms with Crippen LogP contribution in [0.25, 0.3) is 0 Å². The van der Waals surface area contributed by atoms with Crippen molar-refractivity contribution in [3.8, 4) is 5.75 Å². The molecule has 0 aromatic heterocycles. The number of aliphatic hydroxyl groups is 1. The van der Waals surface area contributed by atoms with Crippen LogP contribution in [-0.2, 0) is 4.74 Å². The topological polar surface area (TPSA) is 103 Å². The molecule has 0 saturated heterocycles. The number of urea groups is 1. The fourth-order valence-corrected chi connectivity index (χ4v) is 5.40. The second-order valence-corrected chi connectivity index (χ2v) is 12.1. The summed E-state index contributed by atoms with van der Waals surface area (Å²) in [6.45, 7) is 8.76. The maximum Gasteiger partial charge on any atom is 0.323 e. The summed E-state index contributed by atoms with van der Waals surface area (Å²) in [5.74, 6) is 1.04. The third-order valence-corrected chi connectivity index (χ3v) is 8.10. The number of ether oxygens (including phenoxy) is 2. The van der Waals surface area contributed by atoms with Gasteiger partial charge in [-0.1, -0.05) is 25.1 Å². The molecule has 4 atom stereocenters. The van der Waals surface area contributed by atoms with E-state index in [9.17, 15) is 14.7 Å². The second kappa shape index (κ2) is 15.4. The lowest BCUT2D eigenvalue weighted by molar-refractivity contribution is -0.0172. The van der Waals surface area contributed by atoms with E-state index in [0.717, 1.165) is 38.3 Å². The minimum Gasteiger partial charge on any atom is -0.490 e. The van der Waals surface area contributed by atoms with Crippen LogP contribution in [0, 0.1) is 11.8 Å². The molecule has 42 heavy (non-hydrogen) atoms. The predicted molar refractivity (Wildman–Crippen MR) is 166 cm³/mol. The highest BCUT2D eigenvalue weighted by Crippen LogP contribution is 2.31. The molecular weight excluding hydrogens is 532 g/mol. The monoisotopic (exact) mass is 580 g/mol. The molecule has 9 nitrogen and oxygen atoms in total. The lowest BCUT2D eigenvalue weighted by Gasteiger charge is -2.36. The van der Waals surface area contributed by atoms with E-state index in [1.807, 2.05) is 32.0 Å². The van der Waals surface area contributed by atoms with Crippen molar-refractivity contribution >= 4 is 23.3 Å². The van der Waals surface area contributed by atoms with Crippen LogP contribution in [0.4, 0.5) is 16.2 Å². The standard InChI is InChI=1S/C33H48N4O5/c1-23-19-37(24(2)22-38)32(39)29-18-28(35-33(40)34-27-11-6-5-7-12-27)15-16-30(29)42-25(3)10-8-9-17-41-31(23)21-36(4)20-26-13-14-26/h5-7,11-12,15-16,18,23-26,31,38H,8-10,13-14,17,19-22H2,1-4H3,(H2,34,35,40)/t23-,24-,25-,31+/m1/s1. The Morgan fingerprint density at radius 1 is 1.05 bits per heavy atom. The van der Waals surface area contributed by atoms with Gasteiger partial charge < -0.3 is 35.0 Å². The zero-order chi connectivity index (χ0) is 30.1. The Kier molecular flexibility index (Phi) is 11.6. The fraction of sp³-hybridized carbons (Fsp3) is 0.576. The van der Waals surface area contributed by atoms with Crippen molar-refractivity contribution in [2.24, 2.45) is 11.8 Å². The van der Waals surface area contributed by atoms with E-state index in [1.165, 1.54) is 12.8 Å². The number of fused-ring (bicyclic) bond motifs is 1. The molecule has 2 aromatic rings. The third kappa shape index (κ3) is 9.44. The molecule has 1 aliphatic carbocycles. The highest BCUT2D eigenvalue weighted by atomic mass is 16.5. The largest absolute Gasteiger partial charge is 0.490 e. The van der Waals surface area contributed by atoms with Gasteiger partial charge in [-0.05, 0) is 89.2 Å². The van der Waals surface area contributed by atoms with Gasteiger partial charge in [0.1, 0.15) is 5.75 Å². The molecule has 3 amide bonds. The number of hydrogen-bond donors (Lipinski definition) is 3. The summed E-state index contributed by atoms with van der Waals surface area (Å²) in [5.41, 5.74) is 1.49. The number of likely N-dealkylation sites (N-methyl/N-ethyl adjacent to an activating group) is 1. The van der Waals surface area contributed by atoms with Gasteiger partial charge in [-0.15, -0.1) is 0 Å². The van der Waals surface area contributed by atoms with Crippen LogP contribution in [0.15, 0.2) is 48.5 Å². The summed E-state index contributed by atoms with van der Waals surface area (Å²) in [4.78, 5) is 31.0. The maximum atomic E-state index is 14.2. The highest BCUT2D eigenvalue weighted by Gasteiger charge is 2.31. The highest BCUT2D eigenvalue weighted by molar-refractivity contribution is 6.02. The zero-order valence-corrected chi connectivity index (χ0v) is 25.6. The first-order chi connectivity index (χ1) is 20.2. The number of nitrogens with zero attached hydrogens (tertiary/aromatic N) is 2. The Bertz CT molecular complexity index is 1160. The number of carbonyl (C=O) groups excluding carboxylic acids is 2. The first-order valence-electron chi connectivity index (χ1n) is 15.4. The lowest BCUT2D eigenvalue weighted by atomic mass is 10.0. The van der Waals surface area contributed by atoms with Gasteiger partial charge in [0.2, 0.25) is 0 Å². The average molecular weight is 581 g/mol. The Labute approximate surface area is 250 Å². The molecule has 9 heteroatoms. The minimum atomic E-state index is -0.416. The van der Waals surface area contributed by atoms with Gasteiger partial charge in [0.05, 0.1) is 30.4 Å². The fourth-order valence-electron chi connectivity index (χ4n) is 5.40. The quantitative estimate of drug-likeness (QED) is 0.383. The molecule has 1 fully saturated rings. The number of para-hydroxylation sites is 1. The van der Waals surface area contributed by atoms with Crippen molar-refractivity contribution in [2.75, 3.05) is 50.5 Å². The molecule has 0 bridgehead atoms. The van der Waals surface area contributed by atoms with E-state index in [2.05, 4.69) is 29.5 Å². The molecule has 0 radical (unpaired) electrons. The van der Waals surface area contributed by atoms with Crippen molar-refractivity contribution < 1.29 is 24.2 Å². The predicted octanol–water partition coefficient (Wildman–Crippen LogP) is 5.47. The first-order valence-corrected chi connectivity index (χ1v) is 15.4. The van der Waals surface area contributed by atoms with Gasteiger partial charge in [-0.3, -0.25) is 4.79 Å². The van der Waals surface area contributed by atoms with E-state index < -0.39 is 12.1 Å². The van der Waals surface area contributed by atoms with Gasteiger partial charge in [0.15, 0.2) is 0 Å². The number of aliphatic hydroxyl groups excluding tert-OH is 1. The van der Waals surface area contributed by atoms with Crippen LogP contribution < -0.4 is 15.4 Å². The van der Waals surface area contributed by atoms with E-state index in [4.69, 9.17) is 9.47 Å². The molecule has 230 valence electrons. The molecule has 0 spiro atoms. The summed E-state index contributed by atoms with van der Waals surface area (Å²) in [6.07, 6.45) is 5.16. The van der Waals surface area contributed by atoms with Crippen LogP contribution in [0.5, 0.6) is 5.75 Å². The normalized spacial score (nSPS) is 23.0.